The summed E-state index contributed by atoms with van der Waals surface area (Å²) < 4.78 is 5.70. The van der Waals surface area contributed by atoms with Crippen LogP contribution in [0.1, 0.15) is 37.7 Å². The predicted molar refractivity (Wildman–Crippen MR) is 91.0 cm³/mol. The average molecular weight is 314 g/mol. The van der Waals surface area contributed by atoms with Gasteiger partial charge in [0, 0.05) is 12.6 Å². The first-order valence-electron chi connectivity index (χ1n) is 7.73. The van der Waals surface area contributed by atoms with Crippen LogP contribution in [-0.4, -0.2) is 28.5 Å². The van der Waals surface area contributed by atoms with Crippen LogP contribution < -0.4 is 15.4 Å². The predicted octanol–water partition coefficient (Wildman–Crippen LogP) is 3.34. The highest BCUT2D eigenvalue weighted by atomic mass is 16.5. The highest BCUT2D eigenvalue weighted by Gasteiger charge is 2.12. The minimum atomic E-state index is -0.299. The second-order valence-electron chi connectivity index (χ2n) is 5.33. The van der Waals surface area contributed by atoms with Gasteiger partial charge in [-0.05, 0) is 32.4 Å². The second kappa shape index (κ2) is 8.12. The van der Waals surface area contributed by atoms with Gasteiger partial charge in [-0.3, -0.25) is 4.79 Å². The highest BCUT2D eigenvalue weighted by molar-refractivity contribution is 6.04. The molecule has 6 heteroatoms. The van der Waals surface area contributed by atoms with Crippen LogP contribution in [0.15, 0.2) is 36.7 Å². The van der Waals surface area contributed by atoms with Crippen LogP contribution in [0.4, 0.5) is 11.5 Å². The number of anilines is 2. The third-order valence-electron chi connectivity index (χ3n) is 2.95. The first kappa shape index (κ1) is 16.7. The molecular weight excluding hydrogens is 292 g/mol. The van der Waals surface area contributed by atoms with Crippen molar-refractivity contribution in [1.29, 1.82) is 0 Å². The zero-order chi connectivity index (χ0) is 16.7. The largest absolute Gasteiger partial charge is 0.489 e. The molecule has 0 atom stereocenters. The van der Waals surface area contributed by atoms with Crippen LogP contribution in [0.5, 0.6) is 5.75 Å². The molecule has 2 aromatic rings. The lowest BCUT2D eigenvalue weighted by Crippen LogP contribution is -2.16. The van der Waals surface area contributed by atoms with Crippen LogP contribution in [0.3, 0.4) is 0 Å². The molecule has 0 unspecified atom stereocenters. The number of carbonyl (C=O) groups excluding carboxylic acids is 1. The average Bonchev–Trinajstić information content (AvgIpc) is 2.54. The molecule has 6 nitrogen and oxygen atoms in total. The Kier molecular flexibility index (Phi) is 5.91. The minimum Gasteiger partial charge on any atom is -0.489 e. The number of aromatic nitrogens is 2. The van der Waals surface area contributed by atoms with E-state index in [4.69, 9.17) is 4.74 Å². The van der Waals surface area contributed by atoms with Crippen molar-refractivity contribution in [2.24, 2.45) is 0 Å². The van der Waals surface area contributed by atoms with Crippen LogP contribution in [0.2, 0.25) is 0 Å². The van der Waals surface area contributed by atoms with Gasteiger partial charge in [-0.1, -0.05) is 19.1 Å². The number of para-hydroxylation sites is 2. The molecule has 0 fully saturated rings. The molecule has 1 aromatic carbocycles. The number of rotatable bonds is 7. The second-order valence-corrected chi connectivity index (χ2v) is 5.33. The Bertz CT molecular complexity index is 659. The van der Waals surface area contributed by atoms with Gasteiger partial charge in [0.2, 0.25) is 0 Å². The summed E-state index contributed by atoms with van der Waals surface area (Å²) >= 11 is 0. The van der Waals surface area contributed by atoms with Gasteiger partial charge >= 0.3 is 0 Å². The Labute approximate surface area is 136 Å². The van der Waals surface area contributed by atoms with E-state index in [9.17, 15) is 4.79 Å². The Morgan fingerprint density at radius 1 is 1.26 bits per heavy atom. The minimum absolute atomic E-state index is 0.0250. The van der Waals surface area contributed by atoms with Crippen LogP contribution in [-0.2, 0) is 0 Å². The number of amides is 1. The number of hydrogen-bond donors (Lipinski definition) is 2. The van der Waals surface area contributed by atoms with Gasteiger partial charge in [-0.15, -0.1) is 0 Å². The van der Waals surface area contributed by atoms with Gasteiger partial charge in [-0.2, -0.15) is 0 Å². The molecule has 0 spiro atoms. The summed E-state index contributed by atoms with van der Waals surface area (Å²) in [5, 5.41) is 5.97. The van der Waals surface area contributed by atoms with Crippen molar-refractivity contribution in [3.05, 3.63) is 42.4 Å². The van der Waals surface area contributed by atoms with Crippen molar-refractivity contribution >= 4 is 17.4 Å². The van der Waals surface area contributed by atoms with E-state index in [-0.39, 0.29) is 12.0 Å². The van der Waals surface area contributed by atoms with E-state index in [1.807, 2.05) is 32.0 Å². The smallest absolute Gasteiger partial charge is 0.274 e. The maximum Gasteiger partial charge on any atom is 0.274 e. The van der Waals surface area contributed by atoms with Crippen LogP contribution in [0.25, 0.3) is 0 Å². The van der Waals surface area contributed by atoms with E-state index in [1.165, 1.54) is 6.33 Å². The number of ether oxygens (including phenoxy) is 1. The number of hydrogen-bond acceptors (Lipinski definition) is 5. The third-order valence-corrected chi connectivity index (χ3v) is 2.95. The van der Waals surface area contributed by atoms with Crippen LogP contribution in [0, 0.1) is 0 Å². The van der Waals surface area contributed by atoms with Gasteiger partial charge in [0.05, 0.1) is 11.8 Å². The van der Waals surface area contributed by atoms with Crippen molar-refractivity contribution < 1.29 is 9.53 Å². The molecule has 1 amide bonds. The zero-order valence-corrected chi connectivity index (χ0v) is 13.7. The summed E-state index contributed by atoms with van der Waals surface area (Å²) in [5.41, 5.74) is 0.922. The summed E-state index contributed by atoms with van der Waals surface area (Å²) in [7, 11) is 0. The summed E-state index contributed by atoms with van der Waals surface area (Å²) in [5.74, 6) is 0.972. The Hall–Kier alpha value is -2.63. The maximum absolute atomic E-state index is 12.4. The summed E-state index contributed by atoms with van der Waals surface area (Å²) in [6.45, 7) is 6.74. The molecule has 0 aliphatic heterocycles. The number of nitrogens with one attached hydrogen (secondary N) is 2. The number of benzene rings is 1. The van der Waals surface area contributed by atoms with Gasteiger partial charge in [0.1, 0.15) is 23.6 Å². The van der Waals surface area contributed by atoms with Gasteiger partial charge in [0.25, 0.3) is 5.91 Å². The standard InChI is InChI=1S/C17H22N4O2/c1-4-9-18-16-10-14(19-11-20-16)17(22)21-13-7-5-6-8-15(13)23-12(2)3/h5-8,10-12H,4,9H2,1-3H3,(H,21,22)(H,18,19,20). The lowest BCUT2D eigenvalue weighted by molar-refractivity contribution is 0.102. The molecule has 1 heterocycles. The van der Waals surface area contributed by atoms with Crippen molar-refractivity contribution in [1.82, 2.24) is 9.97 Å². The fraction of sp³-hybridized carbons (Fsp3) is 0.353. The fourth-order valence-electron chi connectivity index (χ4n) is 1.94. The maximum atomic E-state index is 12.4. The normalized spacial score (nSPS) is 10.4. The van der Waals surface area contributed by atoms with Gasteiger partial charge < -0.3 is 15.4 Å². The molecule has 0 saturated heterocycles. The molecule has 0 radical (unpaired) electrons. The van der Waals surface area contributed by atoms with Gasteiger partial charge in [-0.25, -0.2) is 9.97 Å². The Morgan fingerprint density at radius 2 is 2.04 bits per heavy atom. The van der Waals surface area contributed by atoms with Crippen LogP contribution >= 0.6 is 0 Å². The van der Waals surface area contributed by atoms with E-state index >= 15 is 0 Å². The van der Waals surface area contributed by atoms with Crippen molar-refractivity contribution in [3.8, 4) is 5.75 Å². The molecule has 2 rings (SSSR count). The molecular formula is C17H22N4O2. The highest BCUT2D eigenvalue weighted by Crippen LogP contribution is 2.25. The van der Waals surface area contributed by atoms with Gasteiger partial charge in [0.15, 0.2) is 0 Å². The lowest BCUT2D eigenvalue weighted by Gasteiger charge is -2.14. The van der Waals surface area contributed by atoms with E-state index in [0.29, 0.717) is 22.9 Å². The Balaban J connectivity index is 2.13. The molecule has 0 saturated carbocycles. The van der Waals surface area contributed by atoms with Crippen molar-refractivity contribution in [3.63, 3.8) is 0 Å². The topological polar surface area (TPSA) is 76.1 Å². The zero-order valence-electron chi connectivity index (χ0n) is 13.7. The summed E-state index contributed by atoms with van der Waals surface area (Å²) in [6, 6.07) is 8.97. The van der Waals surface area contributed by atoms with E-state index in [2.05, 4.69) is 27.5 Å². The molecule has 2 N–H and O–H groups in total. The van der Waals surface area contributed by atoms with E-state index in [1.54, 1.807) is 12.1 Å². The van der Waals surface area contributed by atoms with Crippen molar-refractivity contribution in [2.45, 2.75) is 33.3 Å². The molecule has 0 bridgehead atoms. The SMILES string of the molecule is CCCNc1cc(C(=O)Nc2ccccc2OC(C)C)ncn1. The molecule has 122 valence electrons. The number of carbonyl (C=O) groups is 1. The summed E-state index contributed by atoms with van der Waals surface area (Å²) in [4.78, 5) is 20.5. The monoisotopic (exact) mass is 314 g/mol. The molecule has 23 heavy (non-hydrogen) atoms. The third kappa shape index (κ3) is 4.95. The lowest BCUT2D eigenvalue weighted by atomic mass is 10.2. The summed E-state index contributed by atoms with van der Waals surface area (Å²) in [6.07, 6.45) is 2.38. The van der Waals surface area contributed by atoms with Crippen molar-refractivity contribution in [2.75, 3.05) is 17.2 Å². The molecule has 1 aromatic heterocycles. The fourth-order valence-corrected chi connectivity index (χ4v) is 1.94. The first-order valence-corrected chi connectivity index (χ1v) is 7.73. The van der Waals surface area contributed by atoms with E-state index < -0.39 is 0 Å². The number of nitrogens with zero attached hydrogens (tertiary/aromatic N) is 2. The van der Waals surface area contributed by atoms with E-state index in [0.717, 1.165) is 13.0 Å². The molecule has 0 aliphatic rings. The first-order chi connectivity index (χ1) is 11.1. The molecule has 0 aliphatic carbocycles. The Morgan fingerprint density at radius 3 is 2.78 bits per heavy atom. The quantitative estimate of drug-likeness (QED) is 0.819.